The summed E-state index contributed by atoms with van der Waals surface area (Å²) in [5.74, 6) is 0.567. The summed E-state index contributed by atoms with van der Waals surface area (Å²) in [4.78, 5) is 26.1. The smallest absolute Gasteiger partial charge is 0.309 e. The molecule has 3 heterocycles. The van der Waals surface area contributed by atoms with Crippen LogP contribution in [0, 0.1) is 5.41 Å². The SMILES string of the molecule is CCCCc1cc(COc2ccc3c(c2)nc(CC(C)(C)C(=O)O)n3Cc2ccc(-c3cccnc3)cc2)nc2ccccc12. The highest BCUT2D eigenvalue weighted by atomic mass is 16.5. The third-order valence-corrected chi connectivity index (χ3v) is 8.31. The summed E-state index contributed by atoms with van der Waals surface area (Å²) in [7, 11) is 0. The molecule has 0 radical (unpaired) electrons. The van der Waals surface area contributed by atoms with E-state index in [4.69, 9.17) is 14.7 Å². The first kappa shape index (κ1) is 30.0. The molecule has 1 N–H and O–H groups in total. The van der Waals surface area contributed by atoms with Crippen LogP contribution in [0.15, 0.2) is 97.3 Å². The quantitative estimate of drug-likeness (QED) is 0.152. The van der Waals surface area contributed by atoms with Crippen LogP contribution in [0.3, 0.4) is 0 Å². The third-order valence-electron chi connectivity index (χ3n) is 8.31. The fourth-order valence-corrected chi connectivity index (χ4v) is 5.66. The number of imidazole rings is 1. The van der Waals surface area contributed by atoms with Crippen LogP contribution in [-0.2, 0) is 30.8 Å². The average Bonchev–Trinajstić information content (AvgIpc) is 3.38. The molecular formula is C38H38N4O3. The molecule has 0 saturated heterocycles. The molecule has 0 fully saturated rings. The second-order valence-corrected chi connectivity index (χ2v) is 12.3. The van der Waals surface area contributed by atoms with E-state index >= 15 is 0 Å². The molecule has 0 saturated carbocycles. The van der Waals surface area contributed by atoms with Crippen molar-refractivity contribution in [3.05, 3.63) is 120 Å². The molecule has 3 aromatic carbocycles. The van der Waals surface area contributed by atoms with Crippen molar-refractivity contribution in [2.24, 2.45) is 5.41 Å². The van der Waals surface area contributed by atoms with Crippen LogP contribution < -0.4 is 4.74 Å². The summed E-state index contributed by atoms with van der Waals surface area (Å²) >= 11 is 0. The summed E-state index contributed by atoms with van der Waals surface area (Å²) in [6.45, 7) is 6.59. The van der Waals surface area contributed by atoms with Crippen molar-refractivity contribution >= 4 is 27.9 Å². The number of benzene rings is 3. The van der Waals surface area contributed by atoms with E-state index in [0.29, 0.717) is 25.3 Å². The molecular weight excluding hydrogens is 560 g/mol. The second kappa shape index (κ2) is 12.9. The first-order valence-electron chi connectivity index (χ1n) is 15.5. The summed E-state index contributed by atoms with van der Waals surface area (Å²) in [5, 5.41) is 11.1. The van der Waals surface area contributed by atoms with Crippen molar-refractivity contribution in [1.29, 1.82) is 0 Å². The number of rotatable bonds is 12. The minimum atomic E-state index is -0.972. The number of aryl methyl sites for hydroxylation is 1. The van der Waals surface area contributed by atoms with E-state index in [1.807, 2.05) is 42.6 Å². The summed E-state index contributed by atoms with van der Waals surface area (Å²) in [6.07, 6.45) is 7.19. The van der Waals surface area contributed by atoms with Crippen LogP contribution in [0.5, 0.6) is 5.75 Å². The third kappa shape index (κ3) is 6.73. The lowest BCUT2D eigenvalue weighted by molar-refractivity contribution is -0.146. The number of unbranched alkanes of at least 4 members (excludes halogenated alkanes) is 1. The molecule has 7 nitrogen and oxygen atoms in total. The molecule has 0 unspecified atom stereocenters. The fourth-order valence-electron chi connectivity index (χ4n) is 5.66. The van der Waals surface area contributed by atoms with Gasteiger partial charge in [0.05, 0.1) is 27.7 Å². The van der Waals surface area contributed by atoms with Crippen molar-refractivity contribution in [3.8, 4) is 16.9 Å². The molecule has 0 amide bonds. The Labute approximate surface area is 263 Å². The predicted octanol–water partition coefficient (Wildman–Crippen LogP) is 8.27. The highest BCUT2D eigenvalue weighted by Crippen LogP contribution is 2.29. The van der Waals surface area contributed by atoms with Gasteiger partial charge in [0.25, 0.3) is 0 Å². The zero-order valence-electron chi connectivity index (χ0n) is 26.0. The minimum absolute atomic E-state index is 0.294. The van der Waals surface area contributed by atoms with Gasteiger partial charge < -0.3 is 14.4 Å². The molecule has 6 aromatic rings. The lowest BCUT2D eigenvalue weighted by Gasteiger charge is -2.19. The number of aromatic nitrogens is 4. The number of ether oxygens (including phenoxy) is 1. The van der Waals surface area contributed by atoms with E-state index in [0.717, 1.165) is 64.0 Å². The van der Waals surface area contributed by atoms with Gasteiger partial charge in [0.2, 0.25) is 0 Å². The maximum absolute atomic E-state index is 12.1. The van der Waals surface area contributed by atoms with Crippen molar-refractivity contribution in [1.82, 2.24) is 19.5 Å². The number of hydrogen-bond donors (Lipinski definition) is 1. The van der Waals surface area contributed by atoms with Gasteiger partial charge in [-0.05, 0) is 79.3 Å². The summed E-state index contributed by atoms with van der Waals surface area (Å²) in [6, 6.07) is 28.7. The van der Waals surface area contributed by atoms with Gasteiger partial charge in [0, 0.05) is 36.8 Å². The minimum Gasteiger partial charge on any atom is -0.487 e. The summed E-state index contributed by atoms with van der Waals surface area (Å²) < 4.78 is 8.38. The predicted molar refractivity (Wildman–Crippen MR) is 178 cm³/mol. The lowest BCUT2D eigenvalue weighted by atomic mass is 9.89. The number of nitrogens with zero attached hydrogens (tertiary/aromatic N) is 4. The number of aliphatic carboxylic acids is 1. The van der Waals surface area contributed by atoms with E-state index in [9.17, 15) is 9.90 Å². The maximum Gasteiger partial charge on any atom is 0.309 e. The standard InChI is InChI=1S/C38H38N4O3/c1-4-5-9-28-20-30(40-33-12-7-6-11-32(28)33)25-45-31-17-18-35-34(21-31)41-36(22-38(2,3)37(43)44)42(35)24-26-13-15-27(16-14-26)29-10-8-19-39-23-29/h6-8,10-21,23H,4-5,9,22,24-25H2,1-3H3,(H,43,44). The van der Waals surface area contributed by atoms with Crippen molar-refractivity contribution in [2.45, 2.75) is 59.6 Å². The Hall–Kier alpha value is -5.04. The Morgan fingerprint density at radius 3 is 2.49 bits per heavy atom. The van der Waals surface area contributed by atoms with Gasteiger partial charge in [0.1, 0.15) is 18.2 Å². The highest BCUT2D eigenvalue weighted by molar-refractivity contribution is 5.82. The molecule has 0 aliphatic carbocycles. The number of carboxylic acids is 1. The largest absolute Gasteiger partial charge is 0.487 e. The van der Waals surface area contributed by atoms with Gasteiger partial charge in [-0.15, -0.1) is 0 Å². The Kier molecular flexibility index (Phi) is 8.60. The van der Waals surface area contributed by atoms with E-state index in [1.165, 1.54) is 10.9 Å². The topological polar surface area (TPSA) is 90.1 Å². The van der Waals surface area contributed by atoms with Crippen LogP contribution in [0.1, 0.15) is 56.3 Å². The monoisotopic (exact) mass is 598 g/mol. The van der Waals surface area contributed by atoms with Crippen molar-refractivity contribution in [3.63, 3.8) is 0 Å². The Morgan fingerprint density at radius 2 is 1.73 bits per heavy atom. The van der Waals surface area contributed by atoms with Crippen LogP contribution in [0.4, 0.5) is 0 Å². The Balaban J connectivity index is 1.28. The van der Waals surface area contributed by atoms with Gasteiger partial charge in [0.15, 0.2) is 0 Å². The molecule has 0 spiro atoms. The summed E-state index contributed by atoms with van der Waals surface area (Å²) in [5.41, 5.74) is 7.15. The molecule has 0 aliphatic heterocycles. The normalized spacial score (nSPS) is 11.7. The van der Waals surface area contributed by atoms with Crippen LogP contribution in [0.25, 0.3) is 33.1 Å². The van der Waals surface area contributed by atoms with Crippen LogP contribution in [0.2, 0.25) is 0 Å². The molecule has 0 atom stereocenters. The number of pyridine rings is 2. The molecule has 6 rings (SSSR count). The van der Waals surface area contributed by atoms with Crippen LogP contribution in [-0.4, -0.2) is 30.6 Å². The van der Waals surface area contributed by atoms with Gasteiger partial charge >= 0.3 is 5.97 Å². The zero-order chi connectivity index (χ0) is 31.4. The first-order chi connectivity index (χ1) is 21.8. The maximum atomic E-state index is 12.1. The molecule has 0 bridgehead atoms. The molecule has 0 aliphatic rings. The molecule has 3 aromatic heterocycles. The van der Waals surface area contributed by atoms with Gasteiger partial charge in [-0.2, -0.15) is 0 Å². The van der Waals surface area contributed by atoms with Crippen LogP contribution >= 0.6 is 0 Å². The number of fused-ring (bicyclic) bond motifs is 2. The Morgan fingerprint density at radius 1 is 0.911 bits per heavy atom. The molecule has 7 heteroatoms. The fraction of sp³-hybridized carbons (Fsp3) is 0.263. The lowest BCUT2D eigenvalue weighted by Crippen LogP contribution is -2.27. The van der Waals surface area contributed by atoms with E-state index < -0.39 is 11.4 Å². The zero-order valence-corrected chi connectivity index (χ0v) is 26.0. The molecule has 228 valence electrons. The van der Waals surface area contributed by atoms with Crippen molar-refractivity contribution in [2.75, 3.05) is 0 Å². The Bertz CT molecular complexity index is 1950. The molecule has 45 heavy (non-hydrogen) atoms. The first-order valence-corrected chi connectivity index (χ1v) is 15.5. The van der Waals surface area contributed by atoms with Gasteiger partial charge in [-0.1, -0.05) is 61.9 Å². The number of para-hydroxylation sites is 1. The number of carbonyl (C=O) groups is 1. The van der Waals surface area contributed by atoms with E-state index in [1.54, 1.807) is 20.0 Å². The number of hydrogen-bond acceptors (Lipinski definition) is 5. The second-order valence-electron chi connectivity index (χ2n) is 12.3. The van der Waals surface area contributed by atoms with Crippen molar-refractivity contribution < 1.29 is 14.6 Å². The van der Waals surface area contributed by atoms with E-state index in [2.05, 4.69) is 65.0 Å². The number of carboxylic acid groups (broad SMARTS) is 1. The van der Waals surface area contributed by atoms with Gasteiger partial charge in [-0.25, -0.2) is 9.97 Å². The average molecular weight is 599 g/mol. The van der Waals surface area contributed by atoms with Gasteiger partial charge in [-0.3, -0.25) is 9.78 Å². The van der Waals surface area contributed by atoms with E-state index in [-0.39, 0.29) is 0 Å². The highest BCUT2D eigenvalue weighted by Gasteiger charge is 2.30.